The van der Waals surface area contributed by atoms with Gasteiger partial charge in [0.15, 0.2) is 0 Å². The highest BCUT2D eigenvalue weighted by atomic mass is 35.5. The summed E-state index contributed by atoms with van der Waals surface area (Å²) in [5.74, 6) is 0.397. The third-order valence-corrected chi connectivity index (χ3v) is 2.70. The minimum absolute atomic E-state index is 0.227. The molecule has 0 aliphatic carbocycles. The number of alkyl halides is 1. The Morgan fingerprint density at radius 2 is 2.27 bits per heavy atom. The highest BCUT2D eigenvalue weighted by Gasteiger charge is 2.08. The number of rotatable bonds is 3. The number of hydrogen-bond donors (Lipinski definition) is 0. The molecule has 0 saturated heterocycles. The van der Waals surface area contributed by atoms with Crippen LogP contribution in [0, 0.1) is 5.82 Å². The van der Waals surface area contributed by atoms with E-state index in [-0.39, 0.29) is 5.82 Å². The van der Waals surface area contributed by atoms with Crippen molar-refractivity contribution in [2.24, 2.45) is 7.05 Å². The molecular formula is C11H12ClFN2. The summed E-state index contributed by atoms with van der Waals surface area (Å²) in [7, 11) is 1.83. The fourth-order valence-corrected chi connectivity index (χ4v) is 1.86. The molecule has 2 rings (SSSR count). The van der Waals surface area contributed by atoms with Crippen molar-refractivity contribution in [3.8, 4) is 0 Å². The van der Waals surface area contributed by atoms with E-state index in [2.05, 4.69) is 5.10 Å². The second-order valence-corrected chi connectivity index (χ2v) is 3.90. The van der Waals surface area contributed by atoms with Crippen molar-refractivity contribution in [1.82, 2.24) is 9.78 Å². The maximum atomic E-state index is 13.0. The Morgan fingerprint density at radius 1 is 1.47 bits per heavy atom. The summed E-state index contributed by atoms with van der Waals surface area (Å²) in [6.45, 7) is 0. The van der Waals surface area contributed by atoms with Crippen LogP contribution < -0.4 is 0 Å². The zero-order chi connectivity index (χ0) is 10.8. The fraction of sp³-hybridized carbons (Fsp3) is 0.364. The molecule has 4 heteroatoms. The van der Waals surface area contributed by atoms with Crippen LogP contribution in [0.25, 0.3) is 10.9 Å². The van der Waals surface area contributed by atoms with Crippen molar-refractivity contribution in [2.75, 3.05) is 5.88 Å². The summed E-state index contributed by atoms with van der Waals surface area (Å²) in [6.07, 6.45) is 1.73. The van der Waals surface area contributed by atoms with Gasteiger partial charge in [-0.05, 0) is 31.0 Å². The standard InChI is InChI=1S/C11H12ClFN2/c1-15-11-7-8(13)4-5-9(11)10(14-15)3-2-6-12/h4-5,7H,2-3,6H2,1H3. The molecule has 15 heavy (non-hydrogen) atoms. The molecule has 0 aliphatic heterocycles. The number of nitrogens with zero attached hydrogens (tertiary/aromatic N) is 2. The van der Waals surface area contributed by atoms with Gasteiger partial charge in [-0.25, -0.2) is 4.39 Å². The van der Waals surface area contributed by atoms with Gasteiger partial charge in [0.05, 0.1) is 11.2 Å². The summed E-state index contributed by atoms with van der Waals surface area (Å²) in [5, 5.41) is 5.38. The van der Waals surface area contributed by atoms with E-state index >= 15 is 0 Å². The minimum atomic E-state index is -0.227. The molecule has 0 radical (unpaired) electrons. The molecule has 0 saturated carbocycles. The molecule has 0 atom stereocenters. The molecule has 0 N–H and O–H groups in total. The summed E-state index contributed by atoms with van der Waals surface area (Å²) < 4.78 is 14.7. The third-order valence-electron chi connectivity index (χ3n) is 2.44. The van der Waals surface area contributed by atoms with Crippen LogP contribution >= 0.6 is 11.6 Å². The number of benzene rings is 1. The van der Waals surface area contributed by atoms with Crippen LogP contribution in [-0.2, 0) is 13.5 Å². The Morgan fingerprint density at radius 3 is 3.00 bits per heavy atom. The predicted octanol–water partition coefficient (Wildman–Crippen LogP) is 2.88. The molecule has 80 valence electrons. The Labute approximate surface area is 92.6 Å². The first-order valence-electron chi connectivity index (χ1n) is 4.89. The van der Waals surface area contributed by atoms with E-state index in [1.165, 1.54) is 12.1 Å². The van der Waals surface area contributed by atoms with Gasteiger partial charge in [-0.3, -0.25) is 4.68 Å². The molecule has 0 bridgehead atoms. The van der Waals surface area contributed by atoms with Gasteiger partial charge >= 0.3 is 0 Å². The molecule has 0 aliphatic rings. The monoisotopic (exact) mass is 226 g/mol. The van der Waals surface area contributed by atoms with Crippen LogP contribution in [0.15, 0.2) is 18.2 Å². The van der Waals surface area contributed by atoms with Gasteiger partial charge in [-0.15, -0.1) is 11.6 Å². The first-order valence-corrected chi connectivity index (χ1v) is 5.43. The number of aromatic nitrogens is 2. The average Bonchev–Trinajstić information content (AvgIpc) is 2.53. The van der Waals surface area contributed by atoms with E-state index in [9.17, 15) is 4.39 Å². The van der Waals surface area contributed by atoms with Gasteiger partial charge in [0.25, 0.3) is 0 Å². The number of fused-ring (bicyclic) bond motifs is 1. The molecular weight excluding hydrogens is 215 g/mol. The molecule has 2 aromatic rings. The maximum Gasteiger partial charge on any atom is 0.125 e. The van der Waals surface area contributed by atoms with Gasteiger partial charge in [0.2, 0.25) is 0 Å². The summed E-state index contributed by atoms with van der Waals surface area (Å²) >= 11 is 5.64. The highest BCUT2D eigenvalue weighted by molar-refractivity contribution is 6.17. The van der Waals surface area contributed by atoms with Crippen LogP contribution in [-0.4, -0.2) is 15.7 Å². The number of hydrogen-bond acceptors (Lipinski definition) is 1. The maximum absolute atomic E-state index is 13.0. The SMILES string of the molecule is Cn1nc(CCCCl)c2ccc(F)cc21. The van der Waals surface area contributed by atoms with Crippen LogP contribution in [0.2, 0.25) is 0 Å². The van der Waals surface area contributed by atoms with E-state index in [4.69, 9.17) is 11.6 Å². The molecule has 0 fully saturated rings. The molecule has 2 nitrogen and oxygen atoms in total. The van der Waals surface area contributed by atoms with E-state index < -0.39 is 0 Å². The molecule has 0 unspecified atom stereocenters. The third kappa shape index (κ3) is 1.97. The lowest BCUT2D eigenvalue weighted by Crippen LogP contribution is -1.92. The number of halogens is 2. The Bertz CT molecular complexity index is 479. The van der Waals surface area contributed by atoms with Crippen molar-refractivity contribution in [3.05, 3.63) is 29.7 Å². The second kappa shape index (κ2) is 4.19. The van der Waals surface area contributed by atoms with Gasteiger partial charge in [-0.2, -0.15) is 5.10 Å². The van der Waals surface area contributed by atoms with Crippen LogP contribution in [0.4, 0.5) is 4.39 Å². The van der Waals surface area contributed by atoms with Crippen molar-refractivity contribution in [3.63, 3.8) is 0 Å². The Balaban J connectivity index is 2.48. The zero-order valence-electron chi connectivity index (χ0n) is 8.50. The smallest absolute Gasteiger partial charge is 0.125 e. The Kier molecular flexibility index (Phi) is 2.91. The lowest BCUT2D eigenvalue weighted by atomic mass is 10.1. The van der Waals surface area contributed by atoms with Crippen LogP contribution in [0.1, 0.15) is 12.1 Å². The second-order valence-electron chi connectivity index (χ2n) is 3.52. The fourth-order valence-electron chi connectivity index (χ4n) is 1.72. The first-order chi connectivity index (χ1) is 7.22. The predicted molar refractivity (Wildman–Crippen MR) is 59.7 cm³/mol. The molecule has 1 aromatic carbocycles. The summed E-state index contributed by atoms with van der Waals surface area (Å²) in [6, 6.07) is 4.75. The Hall–Kier alpha value is -1.09. The number of aryl methyl sites for hydroxylation is 2. The van der Waals surface area contributed by atoms with E-state index in [1.807, 2.05) is 7.05 Å². The highest BCUT2D eigenvalue weighted by Crippen LogP contribution is 2.20. The van der Waals surface area contributed by atoms with Crippen LogP contribution in [0.5, 0.6) is 0 Å². The first kappa shape index (κ1) is 10.4. The normalized spacial score (nSPS) is 11.1. The van der Waals surface area contributed by atoms with Gasteiger partial charge < -0.3 is 0 Å². The van der Waals surface area contributed by atoms with Gasteiger partial charge in [0.1, 0.15) is 5.82 Å². The van der Waals surface area contributed by atoms with Crippen molar-refractivity contribution in [2.45, 2.75) is 12.8 Å². The zero-order valence-corrected chi connectivity index (χ0v) is 9.26. The largest absolute Gasteiger partial charge is 0.268 e. The lowest BCUT2D eigenvalue weighted by Gasteiger charge is -1.94. The van der Waals surface area contributed by atoms with Crippen molar-refractivity contribution < 1.29 is 4.39 Å². The van der Waals surface area contributed by atoms with Crippen LogP contribution in [0.3, 0.4) is 0 Å². The topological polar surface area (TPSA) is 17.8 Å². The van der Waals surface area contributed by atoms with E-state index in [0.29, 0.717) is 5.88 Å². The van der Waals surface area contributed by atoms with Gasteiger partial charge in [-0.1, -0.05) is 0 Å². The van der Waals surface area contributed by atoms with E-state index in [0.717, 1.165) is 29.4 Å². The quantitative estimate of drug-likeness (QED) is 0.736. The molecule has 0 amide bonds. The lowest BCUT2D eigenvalue weighted by molar-refractivity contribution is 0.628. The average molecular weight is 227 g/mol. The molecule has 1 aromatic heterocycles. The summed E-state index contributed by atoms with van der Waals surface area (Å²) in [5.41, 5.74) is 1.83. The van der Waals surface area contributed by atoms with E-state index in [1.54, 1.807) is 10.7 Å². The van der Waals surface area contributed by atoms with Crippen molar-refractivity contribution >= 4 is 22.5 Å². The minimum Gasteiger partial charge on any atom is -0.268 e. The van der Waals surface area contributed by atoms with Gasteiger partial charge in [0, 0.05) is 18.3 Å². The summed E-state index contributed by atoms with van der Waals surface area (Å²) in [4.78, 5) is 0. The molecule has 0 spiro atoms. The van der Waals surface area contributed by atoms with Crippen molar-refractivity contribution in [1.29, 1.82) is 0 Å². The molecule has 1 heterocycles.